The molecule has 6 nitrogen and oxygen atoms in total. The van der Waals surface area contributed by atoms with Gasteiger partial charge in [-0.1, -0.05) is 54.2 Å². The zero-order valence-corrected chi connectivity index (χ0v) is 17.1. The zero-order valence-electron chi connectivity index (χ0n) is 16.3. The first kappa shape index (κ1) is 20.3. The summed E-state index contributed by atoms with van der Waals surface area (Å²) in [6.45, 7) is 2.54. The lowest BCUT2D eigenvalue weighted by atomic mass is 9.93. The molecule has 2 aliphatic rings. The average molecular weight is 415 g/mol. The lowest BCUT2D eigenvalue weighted by molar-refractivity contribution is -0.171. The van der Waals surface area contributed by atoms with E-state index in [1.807, 2.05) is 19.1 Å². The molecule has 0 bridgehead atoms. The summed E-state index contributed by atoms with van der Waals surface area (Å²) in [6.07, 6.45) is -1.57. The normalized spacial score (nSPS) is 30.3. The number of carbonyl (C=O) groups is 1. The van der Waals surface area contributed by atoms with Gasteiger partial charge in [-0.05, 0) is 36.1 Å². The van der Waals surface area contributed by atoms with Crippen LogP contribution in [0.15, 0.2) is 47.5 Å². The molecule has 0 amide bonds. The number of aliphatic hydroxyl groups is 2. The molecule has 2 aromatic rings. The fourth-order valence-electron chi connectivity index (χ4n) is 3.90. The number of aliphatic imine (C=N–C) groups is 1. The number of ketones is 1. The molecule has 2 aromatic carbocycles. The van der Waals surface area contributed by atoms with E-state index in [9.17, 15) is 15.0 Å². The molecule has 0 aliphatic carbocycles. The Kier molecular flexibility index (Phi) is 6.20. The van der Waals surface area contributed by atoms with Gasteiger partial charge in [-0.15, -0.1) is 0 Å². The van der Waals surface area contributed by atoms with Crippen molar-refractivity contribution in [3.63, 3.8) is 0 Å². The Bertz CT molecular complexity index is 919. The second-order valence-electron chi connectivity index (χ2n) is 7.48. The van der Waals surface area contributed by atoms with Gasteiger partial charge in [0.15, 0.2) is 11.0 Å². The fraction of sp³-hybridized carbons (Fsp3) is 0.455. The summed E-state index contributed by atoms with van der Waals surface area (Å²) in [5, 5.41) is 27.0. The number of nitrogens with one attached hydrogen (secondary N) is 1. The molecule has 3 N–H and O–H groups in total. The monoisotopic (exact) mass is 414 g/mol. The van der Waals surface area contributed by atoms with E-state index in [1.165, 1.54) is 28.1 Å². The summed E-state index contributed by atoms with van der Waals surface area (Å²) in [7, 11) is 0. The first-order valence-electron chi connectivity index (χ1n) is 10.1. The molecule has 7 heteroatoms. The third kappa shape index (κ3) is 4.33. The molecule has 4 rings (SSSR count). The molecule has 29 heavy (non-hydrogen) atoms. The van der Waals surface area contributed by atoms with Crippen molar-refractivity contribution >= 4 is 33.5 Å². The van der Waals surface area contributed by atoms with Gasteiger partial charge < -0.3 is 20.3 Å². The molecule has 0 saturated carbocycles. The second kappa shape index (κ2) is 8.83. The number of hydrogen-bond donors (Lipinski definition) is 3. The highest BCUT2D eigenvalue weighted by molar-refractivity contribution is 8.14. The van der Waals surface area contributed by atoms with Crippen LogP contribution in [0.1, 0.15) is 25.3 Å². The summed E-state index contributed by atoms with van der Waals surface area (Å²) in [5.74, 6) is -0.169. The molecule has 2 aliphatic heterocycles. The van der Waals surface area contributed by atoms with Gasteiger partial charge in [0.1, 0.15) is 23.7 Å². The molecular formula is C22H26N2O4S. The van der Waals surface area contributed by atoms with E-state index in [0.29, 0.717) is 24.6 Å². The van der Waals surface area contributed by atoms with Crippen LogP contribution in [0.4, 0.5) is 0 Å². The summed E-state index contributed by atoms with van der Waals surface area (Å²) >= 11 is 1.36. The van der Waals surface area contributed by atoms with E-state index in [-0.39, 0.29) is 5.78 Å². The Morgan fingerprint density at radius 2 is 1.97 bits per heavy atom. The molecule has 154 valence electrons. The molecule has 0 spiro atoms. The number of aliphatic hydroxyl groups excluding tert-OH is 2. The fourth-order valence-corrected chi connectivity index (χ4v) is 5.08. The Balaban J connectivity index is 1.34. The standard InChI is InChI=1S/C22H26N2O4S/c1-2-23-22-24-17-18(26)19(27)20(28-21(17)29-22)16(25)9-5-6-13-10-11-14-7-3-4-8-15(14)12-13/h3-4,7-8,10-12,17-21,26-27H,2,5-6,9H2,1H3,(H,23,24)/t17-,18-,19+,20-,21-/m1/s1. The zero-order chi connectivity index (χ0) is 20.4. The highest BCUT2D eigenvalue weighted by atomic mass is 32.2. The van der Waals surface area contributed by atoms with Gasteiger partial charge in [0.25, 0.3) is 0 Å². The average Bonchev–Trinajstić information content (AvgIpc) is 3.13. The van der Waals surface area contributed by atoms with Crippen molar-refractivity contribution < 1.29 is 19.7 Å². The highest BCUT2D eigenvalue weighted by Gasteiger charge is 2.50. The maximum Gasteiger partial charge on any atom is 0.164 e. The highest BCUT2D eigenvalue weighted by Crippen LogP contribution is 2.34. The quantitative estimate of drug-likeness (QED) is 0.672. The van der Waals surface area contributed by atoms with Crippen molar-refractivity contribution in [2.24, 2.45) is 4.99 Å². The van der Waals surface area contributed by atoms with E-state index >= 15 is 0 Å². The van der Waals surface area contributed by atoms with Crippen molar-refractivity contribution in [3.8, 4) is 0 Å². The van der Waals surface area contributed by atoms with Crippen LogP contribution in [0.3, 0.4) is 0 Å². The number of hydrogen-bond acceptors (Lipinski definition) is 6. The van der Waals surface area contributed by atoms with Crippen molar-refractivity contribution in [1.82, 2.24) is 5.32 Å². The van der Waals surface area contributed by atoms with Crippen molar-refractivity contribution in [2.75, 3.05) is 6.54 Å². The molecule has 5 atom stereocenters. The Hall–Kier alpha value is -1.93. The summed E-state index contributed by atoms with van der Waals surface area (Å²) in [6, 6.07) is 14.1. The number of aryl methyl sites for hydroxylation is 1. The largest absolute Gasteiger partial charge is 0.388 e. The predicted molar refractivity (Wildman–Crippen MR) is 115 cm³/mol. The number of amidine groups is 1. The molecule has 0 unspecified atom stereocenters. The number of thioether (sulfide) groups is 1. The van der Waals surface area contributed by atoms with E-state index in [1.54, 1.807) is 0 Å². The van der Waals surface area contributed by atoms with Crippen LogP contribution < -0.4 is 5.32 Å². The van der Waals surface area contributed by atoms with Gasteiger partial charge >= 0.3 is 0 Å². The lowest BCUT2D eigenvalue weighted by Gasteiger charge is -2.38. The summed E-state index contributed by atoms with van der Waals surface area (Å²) in [4.78, 5) is 17.0. The van der Waals surface area contributed by atoms with Crippen LogP contribution in [0, 0.1) is 0 Å². The molecule has 0 radical (unpaired) electrons. The maximum atomic E-state index is 12.7. The number of carbonyl (C=O) groups excluding carboxylic acids is 1. The van der Waals surface area contributed by atoms with E-state index in [2.05, 4.69) is 40.6 Å². The predicted octanol–water partition coefficient (Wildman–Crippen LogP) is 2.26. The smallest absolute Gasteiger partial charge is 0.164 e. The molecular weight excluding hydrogens is 388 g/mol. The van der Waals surface area contributed by atoms with E-state index < -0.39 is 29.8 Å². The van der Waals surface area contributed by atoms with E-state index in [0.717, 1.165) is 6.42 Å². The maximum absolute atomic E-state index is 12.7. The number of rotatable bonds is 6. The minimum atomic E-state index is -1.24. The van der Waals surface area contributed by atoms with E-state index in [4.69, 9.17) is 4.74 Å². The Labute approximate surface area is 174 Å². The number of nitrogens with zero attached hydrogens (tertiary/aromatic N) is 1. The number of ether oxygens (including phenoxy) is 1. The van der Waals surface area contributed by atoms with Gasteiger partial charge in [-0.25, -0.2) is 0 Å². The molecule has 2 fully saturated rings. The first-order chi connectivity index (χ1) is 14.1. The van der Waals surface area contributed by atoms with Crippen LogP contribution in [0.2, 0.25) is 0 Å². The van der Waals surface area contributed by atoms with Gasteiger partial charge in [0.2, 0.25) is 0 Å². The van der Waals surface area contributed by atoms with Gasteiger partial charge in [-0.3, -0.25) is 9.79 Å². The van der Waals surface area contributed by atoms with Gasteiger partial charge in [-0.2, -0.15) is 0 Å². The molecule has 0 aromatic heterocycles. The van der Waals surface area contributed by atoms with Gasteiger partial charge in [0, 0.05) is 13.0 Å². The van der Waals surface area contributed by atoms with Crippen LogP contribution >= 0.6 is 11.8 Å². The van der Waals surface area contributed by atoms with Crippen LogP contribution in [0.5, 0.6) is 0 Å². The SMILES string of the molecule is CCN=C1N[C@@H]2[C@@H](O)[C@H](O)[C@@H](C(=O)CCCc3ccc4ccccc4c3)O[C@@H]2S1. The third-order valence-corrected chi connectivity index (χ3v) is 6.55. The molecule has 2 heterocycles. The van der Waals surface area contributed by atoms with Gasteiger partial charge in [0.05, 0.1) is 6.04 Å². The number of fused-ring (bicyclic) bond motifs is 2. The Morgan fingerprint density at radius 1 is 1.17 bits per heavy atom. The van der Waals surface area contributed by atoms with Crippen molar-refractivity contribution in [3.05, 3.63) is 48.0 Å². The minimum absolute atomic E-state index is 0.169. The van der Waals surface area contributed by atoms with Crippen molar-refractivity contribution in [2.45, 2.75) is 56.0 Å². The minimum Gasteiger partial charge on any atom is -0.388 e. The van der Waals surface area contributed by atoms with Crippen LogP contribution in [0.25, 0.3) is 10.8 Å². The number of Topliss-reactive ketones (excluding diaryl/α,β-unsaturated/α-hetero) is 1. The first-order valence-corrected chi connectivity index (χ1v) is 10.9. The topological polar surface area (TPSA) is 91.2 Å². The van der Waals surface area contributed by atoms with Crippen LogP contribution in [-0.2, 0) is 16.0 Å². The Morgan fingerprint density at radius 3 is 2.76 bits per heavy atom. The third-order valence-electron chi connectivity index (χ3n) is 5.44. The van der Waals surface area contributed by atoms with Crippen LogP contribution in [-0.4, -0.2) is 57.5 Å². The number of benzene rings is 2. The second-order valence-corrected chi connectivity index (χ2v) is 8.56. The molecule has 2 saturated heterocycles. The summed E-state index contributed by atoms with van der Waals surface area (Å²) in [5.41, 5.74) is 0.755. The van der Waals surface area contributed by atoms with Crippen molar-refractivity contribution in [1.29, 1.82) is 0 Å². The lowest BCUT2D eigenvalue weighted by Crippen LogP contribution is -2.60. The summed E-state index contributed by atoms with van der Waals surface area (Å²) < 4.78 is 5.85.